The van der Waals surface area contributed by atoms with Gasteiger partial charge in [0.25, 0.3) is 0 Å². The van der Waals surface area contributed by atoms with Crippen LogP contribution in [0.1, 0.15) is 20.7 Å². The third-order valence-corrected chi connectivity index (χ3v) is 3.47. The van der Waals surface area contributed by atoms with Crippen molar-refractivity contribution in [2.24, 2.45) is 0 Å². The molecule has 0 saturated heterocycles. The van der Waals surface area contributed by atoms with Gasteiger partial charge in [-0.3, -0.25) is 19.7 Å². The van der Waals surface area contributed by atoms with E-state index >= 15 is 0 Å². The Morgan fingerprint density at radius 3 is 2.46 bits per heavy atom. The molecule has 1 heterocycles. The smallest absolute Gasteiger partial charge is 0.339 e. The van der Waals surface area contributed by atoms with Gasteiger partial charge in [-0.05, 0) is 18.2 Å². The largest absolute Gasteiger partial charge is 0.494 e. The monoisotopic (exact) mass is 364 g/mol. The van der Waals surface area contributed by atoms with Gasteiger partial charge in [0.2, 0.25) is 0 Å². The molecular weight excluding hydrogens is 351 g/mol. The number of benzene rings is 1. The van der Waals surface area contributed by atoms with Gasteiger partial charge in [0, 0.05) is 17.8 Å². The van der Waals surface area contributed by atoms with E-state index in [1.807, 2.05) is 0 Å². The number of halogens is 1. The number of rotatable bonds is 6. The highest BCUT2D eigenvalue weighted by molar-refractivity contribution is 5.96. The van der Waals surface area contributed by atoms with Crippen molar-refractivity contribution in [2.45, 2.75) is 6.54 Å². The lowest BCUT2D eigenvalue weighted by molar-refractivity contribution is -0.386. The molecule has 0 saturated carbocycles. The number of pyridine rings is 1. The molecule has 0 radical (unpaired) electrons. The van der Waals surface area contributed by atoms with Crippen molar-refractivity contribution in [2.75, 3.05) is 14.2 Å². The van der Waals surface area contributed by atoms with E-state index in [1.54, 1.807) is 0 Å². The number of hydrogen-bond donors (Lipinski definition) is 0. The highest BCUT2D eigenvalue weighted by atomic mass is 19.1. The summed E-state index contributed by atoms with van der Waals surface area (Å²) in [5, 5.41) is 11.0. The van der Waals surface area contributed by atoms with Crippen molar-refractivity contribution >= 4 is 17.4 Å². The Balaban J connectivity index is 2.44. The van der Waals surface area contributed by atoms with Crippen molar-refractivity contribution in [3.05, 3.63) is 67.9 Å². The molecule has 10 heteroatoms. The maximum Gasteiger partial charge on any atom is 0.339 e. The zero-order valence-electron chi connectivity index (χ0n) is 13.7. The number of nitro groups is 1. The summed E-state index contributed by atoms with van der Waals surface area (Å²) in [6.45, 7) is -0.629. The molecule has 0 amide bonds. The summed E-state index contributed by atoms with van der Waals surface area (Å²) in [6, 6.07) is 4.21. The molecule has 1 aromatic heterocycles. The van der Waals surface area contributed by atoms with Gasteiger partial charge in [-0.25, -0.2) is 9.18 Å². The maximum atomic E-state index is 13.7. The first-order chi connectivity index (χ1) is 12.3. The predicted octanol–water partition coefficient (Wildman–Crippen LogP) is 1.57. The Kier molecular flexibility index (Phi) is 5.45. The van der Waals surface area contributed by atoms with Crippen LogP contribution in [-0.4, -0.2) is 35.5 Å². The molecule has 2 rings (SSSR count). The van der Waals surface area contributed by atoms with Gasteiger partial charge in [-0.2, -0.15) is 0 Å². The minimum absolute atomic E-state index is 0.0676. The second kappa shape index (κ2) is 7.55. The lowest BCUT2D eigenvalue weighted by atomic mass is 10.1. The molecule has 0 fully saturated rings. The minimum atomic E-state index is -1.08. The fourth-order valence-electron chi connectivity index (χ4n) is 2.18. The van der Waals surface area contributed by atoms with Gasteiger partial charge in [0.1, 0.15) is 0 Å². The maximum absolute atomic E-state index is 13.7. The van der Waals surface area contributed by atoms with Gasteiger partial charge in [0.15, 0.2) is 17.3 Å². The highest BCUT2D eigenvalue weighted by Gasteiger charge is 2.22. The molecule has 0 aliphatic heterocycles. The number of hydrogen-bond acceptors (Lipinski definition) is 7. The zero-order chi connectivity index (χ0) is 19.4. The van der Waals surface area contributed by atoms with Crippen LogP contribution in [0, 0.1) is 15.9 Å². The summed E-state index contributed by atoms with van der Waals surface area (Å²) in [5.74, 6) is -2.45. The summed E-state index contributed by atoms with van der Waals surface area (Å²) < 4.78 is 23.6. The third-order valence-electron chi connectivity index (χ3n) is 3.47. The number of carbonyl (C=O) groups excluding carboxylic acids is 2. The van der Waals surface area contributed by atoms with Crippen LogP contribution in [0.25, 0.3) is 0 Å². The first-order valence-corrected chi connectivity index (χ1v) is 7.12. The number of carbonyl (C=O) groups is 2. The van der Waals surface area contributed by atoms with Gasteiger partial charge in [0.05, 0.1) is 31.3 Å². The quantitative estimate of drug-likeness (QED) is 0.330. The normalized spacial score (nSPS) is 10.3. The minimum Gasteiger partial charge on any atom is -0.494 e. The average molecular weight is 364 g/mol. The summed E-state index contributed by atoms with van der Waals surface area (Å²) in [4.78, 5) is 46.1. The fourth-order valence-corrected chi connectivity index (χ4v) is 2.18. The number of aromatic nitrogens is 1. The number of ether oxygens (including phenoxy) is 2. The van der Waals surface area contributed by atoms with Gasteiger partial charge in [-0.15, -0.1) is 0 Å². The van der Waals surface area contributed by atoms with Crippen LogP contribution in [0.2, 0.25) is 0 Å². The Labute approximate surface area is 145 Å². The molecule has 0 bridgehead atoms. The molecule has 0 atom stereocenters. The lowest BCUT2D eigenvalue weighted by Crippen LogP contribution is -2.27. The molecule has 9 nitrogen and oxygen atoms in total. The van der Waals surface area contributed by atoms with Crippen LogP contribution in [0.15, 0.2) is 35.3 Å². The molecule has 0 N–H and O–H groups in total. The fraction of sp³-hybridized carbons (Fsp3) is 0.188. The number of ketones is 1. The Morgan fingerprint density at radius 1 is 1.23 bits per heavy atom. The second-order valence-electron chi connectivity index (χ2n) is 5.07. The van der Waals surface area contributed by atoms with Crippen molar-refractivity contribution in [3.63, 3.8) is 0 Å². The first-order valence-electron chi connectivity index (χ1n) is 7.12. The topological polar surface area (TPSA) is 118 Å². The van der Waals surface area contributed by atoms with Crippen molar-refractivity contribution in [1.29, 1.82) is 0 Å². The molecule has 136 valence electrons. The summed E-state index contributed by atoms with van der Waals surface area (Å²) in [7, 11) is 2.33. The van der Waals surface area contributed by atoms with Gasteiger partial charge in [-0.1, -0.05) is 0 Å². The summed E-state index contributed by atoms with van der Waals surface area (Å²) >= 11 is 0. The highest BCUT2D eigenvalue weighted by Crippen LogP contribution is 2.18. The van der Waals surface area contributed by atoms with E-state index in [9.17, 15) is 28.9 Å². The van der Waals surface area contributed by atoms with Crippen LogP contribution in [-0.2, 0) is 11.3 Å². The first kappa shape index (κ1) is 18.8. The third kappa shape index (κ3) is 3.74. The lowest BCUT2D eigenvalue weighted by Gasteiger charge is -2.08. The van der Waals surface area contributed by atoms with Crippen molar-refractivity contribution < 1.29 is 28.4 Å². The number of Topliss-reactive ketones (excluding diaryl/α,β-unsaturated/α-hetero) is 1. The Morgan fingerprint density at radius 2 is 1.92 bits per heavy atom. The van der Waals surface area contributed by atoms with Gasteiger partial charge >= 0.3 is 17.2 Å². The molecule has 1 aromatic carbocycles. The van der Waals surface area contributed by atoms with Crippen LogP contribution in [0.4, 0.5) is 10.1 Å². The molecule has 0 unspecified atom stereocenters. The number of esters is 1. The molecular formula is C16H13FN2O7. The molecule has 0 aliphatic carbocycles. The van der Waals surface area contributed by atoms with E-state index in [1.165, 1.54) is 19.2 Å². The summed E-state index contributed by atoms with van der Waals surface area (Å²) in [5.41, 5.74) is -2.31. The van der Waals surface area contributed by atoms with Gasteiger partial charge < -0.3 is 14.0 Å². The van der Waals surface area contributed by atoms with E-state index in [2.05, 4.69) is 4.74 Å². The number of methoxy groups -OCH3 is 2. The van der Waals surface area contributed by atoms with Crippen molar-refractivity contribution in [3.8, 4) is 5.75 Å². The number of nitrogens with zero attached hydrogens (tertiary/aromatic N) is 2. The van der Waals surface area contributed by atoms with Crippen molar-refractivity contribution in [1.82, 2.24) is 4.57 Å². The Bertz CT molecular complexity index is 952. The van der Waals surface area contributed by atoms with E-state index in [4.69, 9.17) is 4.74 Å². The van der Waals surface area contributed by atoms with E-state index in [0.717, 1.165) is 25.4 Å². The standard InChI is InChI=1S/C16H13FN2O7/c1-25-14-4-3-9(5-11(14)17)13(20)8-18-7-10(16(22)26-2)6-12(15(18)21)19(23)24/h3-7H,8H2,1-2H3. The molecule has 0 spiro atoms. The SMILES string of the molecule is COC(=O)c1cc([N+](=O)[O-])c(=O)n(CC(=O)c2ccc(OC)c(F)c2)c1. The summed E-state index contributed by atoms with van der Waals surface area (Å²) in [6.07, 6.45) is 0.971. The zero-order valence-corrected chi connectivity index (χ0v) is 13.7. The van der Waals surface area contributed by atoms with E-state index < -0.39 is 40.3 Å². The second-order valence-corrected chi connectivity index (χ2v) is 5.07. The average Bonchev–Trinajstić information content (AvgIpc) is 2.62. The van der Waals surface area contributed by atoms with Crippen LogP contribution < -0.4 is 10.3 Å². The molecule has 26 heavy (non-hydrogen) atoms. The van der Waals surface area contributed by atoms with Crippen LogP contribution in [0.5, 0.6) is 5.75 Å². The van der Waals surface area contributed by atoms with E-state index in [0.29, 0.717) is 4.57 Å². The van der Waals surface area contributed by atoms with Crippen LogP contribution in [0.3, 0.4) is 0 Å². The Hall–Kier alpha value is -3.56. The molecule has 0 aliphatic rings. The predicted molar refractivity (Wildman–Crippen MR) is 86.0 cm³/mol. The van der Waals surface area contributed by atoms with Crippen LogP contribution >= 0.6 is 0 Å². The molecule has 2 aromatic rings. The van der Waals surface area contributed by atoms with E-state index in [-0.39, 0.29) is 16.9 Å².